The van der Waals surface area contributed by atoms with Crippen molar-refractivity contribution in [3.63, 3.8) is 0 Å². The van der Waals surface area contributed by atoms with Gasteiger partial charge in [-0.15, -0.1) is 0 Å². The predicted octanol–water partition coefficient (Wildman–Crippen LogP) is 2.95. The van der Waals surface area contributed by atoms with Gasteiger partial charge in [-0.3, -0.25) is 4.79 Å². The van der Waals surface area contributed by atoms with Crippen LogP contribution in [-0.4, -0.2) is 5.24 Å². The van der Waals surface area contributed by atoms with Crippen LogP contribution in [0.15, 0.2) is 12.1 Å². The molecule has 1 nitrogen and oxygen atoms in total. The van der Waals surface area contributed by atoms with Crippen LogP contribution in [0.1, 0.15) is 10.4 Å². The van der Waals surface area contributed by atoms with Crippen LogP contribution < -0.4 is 0 Å². The van der Waals surface area contributed by atoms with E-state index in [0.29, 0.717) is 6.07 Å². The highest BCUT2D eigenvalue weighted by Crippen LogP contribution is 2.19. The molecule has 0 N–H and O–H groups in total. The van der Waals surface area contributed by atoms with Crippen LogP contribution in [0.25, 0.3) is 0 Å². The highest BCUT2D eigenvalue weighted by Gasteiger charge is 2.14. The lowest BCUT2D eigenvalue weighted by molar-refractivity contribution is 0.107. The highest BCUT2D eigenvalue weighted by atomic mass is 127. The van der Waals surface area contributed by atoms with Crippen molar-refractivity contribution in [1.29, 1.82) is 0 Å². The van der Waals surface area contributed by atoms with Gasteiger partial charge in [0.2, 0.25) is 0 Å². The summed E-state index contributed by atoms with van der Waals surface area (Å²) in [5, 5.41) is -0.920. The molecule has 0 saturated carbocycles. The SMILES string of the molecule is O=C(Cl)c1c(F)cc(F)cc1I. The Hall–Kier alpha value is -0.230. The van der Waals surface area contributed by atoms with E-state index in [1.54, 1.807) is 22.6 Å². The van der Waals surface area contributed by atoms with Gasteiger partial charge in [0.15, 0.2) is 0 Å². The maximum Gasteiger partial charge on any atom is 0.256 e. The summed E-state index contributed by atoms with van der Waals surface area (Å²) in [5.41, 5.74) is -0.279. The minimum atomic E-state index is -0.931. The number of rotatable bonds is 1. The van der Waals surface area contributed by atoms with Crippen LogP contribution in [-0.2, 0) is 0 Å². The van der Waals surface area contributed by atoms with Crippen LogP contribution >= 0.6 is 34.2 Å². The first-order valence-corrected chi connectivity index (χ1v) is 4.32. The molecule has 1 rings (SSSR count). The molecular formula is C7H2ClF2IO. The van der Waals surface area contributed by atoms with Gasteiger partial charge in [0.05, 0.1) is 5.56 Å². The zero-order valence-electron chi connectivity index (χ0n) is 5.57. The van der Waals surface area contributed by atoms with E-state index in [1.807, 2.05) is 0 Å². The second-order valence-corrected chi connectivity index (χ2v) is 3.52. The predicted molar refractivity (Wildman–Crippen MR) is 49.3 cm³/mol. The van der Waals surface area contributed by atoms with E-state index in [1.165, 1.54) is 0 Å². The number of carbonyl (C=O) groups is 1. The molecule has 0 heterocycles. The van der Waals surface area contributed by atoms with Gasteiger partial charge in [0.1, 0.15) is 11.6 Å². The maximum atomic E-state index is 12.8. The first-order chi connectivity index (χ1) is 5.52. The average molecular weight is 302 g/mol. The smallest absolute Gasteiger partial charge is 0.256 e. The molecule has 1 aromatic carbocycles. The summed E-state index contributed by atoms with van der Waals surface area (Å²) in [7, 11) is 0. The zero-order chi connectivity index (χ0) is 9.30. The van der Waals surface area contributed by atoms with Crippen molar-refractivity contribution in [3.8, 4) is 0 Å². The van der Waals surface area contributed by atoms with Gasteiger partial charge < -0.3 is 0 Å². The second-order valence-electron chi connectivity index (χ2n) is 2.02. The molecule has 1 aromatic rings. The van der Waals surface area contributed by atoms with Gasteiger partial charge in [-0.05, 0) is 40.3 Å². The van der Waals surface area contributed by atoms with E-state index in [2.05, 4.69) is 0 Å². The summed E-state index contributed by atoms with van der Waals surface area (Å²) in [4.78, 5) is 10.6. The van der Waals surface area contributed by atoms with Crippen LogP contribution in [0.2, 0.25) is 0 Å². The molecule has 0 aliphatic heterocycles. The van der Waals surface area contributed by atoms with Gasteiger partial charge >= 0.3 is 0 Å². The number of carbonyl (C=O) groups excluding carboxylic acids is 1. The normalized spacial score (nSPS) is 10.0. The quantitative estimate of drug-likeness (QED) is 0.576. The minimum absolute atomic E-state index is 0.171. The Labute approximate surface area is 85.9 Å². The molecule has 0 spiro atoms. The molecule has 0 radical (unpaired) electrons. The summed E-state index contributed by atoms with van der Waals surface area (Å²) in [6.45, 7) is 0. The van der Waals surface area contributed by atoms with Crippen LogP contribution in [0.3, 0.4) is 0 Å². The van der Waals surface area contributed by atoms with Crippen molar-refractivity contribution in [1.82, 2.24) is 0 Å². The van der Waals surface area contributed by atoms with E-state index < -0.39 is 16.9 Å². The number of hydrogen-bond acceptors (Lipinski definition) is 1. The standard InChI is InChI=1S/C7H2ClF2IO/c8-7(12)6-4(10)1-3(9)2-5(6)11/h1-2H. The first kappa shape index (κ1) is 9.85. The molecule has 64 valence electrons. The molecule has 0 aromatic heterocycles. The summed E-state index contributed by atoms with van der Waals surface area (Å²) in [6, 6.07) is 1.66. The monoisotopic (exact) mass is 302 g/mol. The second kappa shape index (κ2) is 3.66. The highest BCUT2D eigenvalue weighted by molar-refractivity contribution is 14.1. The fourth-order valence-electron chi connectivity index (χ4n) is 0.730. The molecule has 0 aliphatic carbocycles. The first-order valence-electron chi connectivity index (χ1n) is 2.86. The minimum Gasteiger partial charge on any atom is -0.275 e. The summed E-state index contributed by atoms with van der Waals surface area (Å²) in [6.07, 6.45) is 0. The maximum absolute atomic E-state index is 12.8. The van der Waals surface area contributed by atoms with Gasteiger partial charge in [0.25, 0.3) is 5.24 Å². The van der Waals surface area contributed by atoms with Crippen LogP contribution in [0.4, 0.5) is 8.78 Å². The van der Waals surface area contributed by atoms with E-state index in [-0.39, 0.29) is 9.13 Å². The van der Waals surface area contributed by atoms with E-state index in [0.717, 1.165) is 6.07 Å². The Morgan fingerprint density at radius 3 is 2.42 bits per heavy atom. The summed E-state index contributed by atoms with van der Waals surface area (Å²) in [5.74, 6) is -1.65. The molecule has 0 saturated heterocycles. The molecule has 0 bridgehead atoms. The Kier molecular flexibility index (Phi) is 3.00. The van der Waals surface area contributed by atoms with E-state index in [9.17, 15) is 13.6 Å². The molecule has 5 heteroatoms. The van der Waals surface area contributed by atoms with Gasteiger partial charge in [0, 0.05) is 9.64 Å². The number of hydrogen-bond donors (Lipinski definition) is 0. The Balaban J connectivity index is 3.38. The third-order valence-electron chi connectivity index (χ3n) is 1.20. The van der Waals surface area contributed by atoms with Gasteiger partial charge in [-0.25, -0.2) is 8.78 Å². The lowest BCUT2D eigenvalue weighted by atomic mass is 10.2. The number of benzene rings is 1. The van der Waals surface area contributed by atoms with Crippen molar-refractivity contribution < 1.29 is 13.6 Å². The Morgan fingerprint density at radius 1 is 1.42 bits per heavy atom. The van der Waals surface area contributed by atoms with Gasteiger partial charge in [-0.2, -0.15) is 0 Å². The summed E-state index contributed by atoms with van der Waals surface area (Å²) < 4.78 is 25.5. The fraction of sp³-hybridized carbons (Fsp3) is 0. The van der Waals surface area contributed by atoms with Crippen molar-refractivity contribution >= 4 is 39.4 Å². The molecule has 0 aliphatic rings. The van der Waals surface area contributed by atoms with Crippen molar-refractivity contribution in [2.45, 2.75) is 0 Å². The third kappa shape index (κ3) is 1.92. The summed E-state index contributed by atoms with van der Waals surface area (Å²) >= 11 is 6.70. The average Bonchev–Trinajstić information content (AvgIpc) is 1.82. The van der Waals surface area contributed by atoms with Crippen LogP contribution in [0.5, 0.6) is 0 Å². The van der Waals surface area contributed by atoms with Crippen molar-refractivity contribution in [2.24, 2.45) is 0 Å². The van der Waals surface area contributed by atoms with E-state index >= 15 is 0 Å². The van der Waals surface area contributed by atoms with Crippen LogP contribution in [0, 0.1) is 15.2 Å². The lowest BCUT2D eigenvalue weighted by Gasteiger charge is -1.99. The van der Waals surface area contributed by atoms with Crippen molar-refractivity contribution in [2.75, 3.05) is 0 Å². The molecular weight excluding hydrogens is 300 g/mol. The molecule has 0 atom stereocenters. The zero-order valence-corrected chi connectivity index (χ0v) is 8.49. The van der Waals surface area contributed by atoms with E-state index in [4.69, 9.17) is 11.6 Å². The third-order valence-corrected chi connectivity index (χ3v) is 2.24. The fourth-order valence-corrected chi connectivity index (χ4v) is 1.88. The Morgan fingerprint density at radius 2 is 2.00 bits per heavy atom. The Bertz CT molecular complexity index is 317. The molecule has 0 fully saturated rings. The molecule has 0 unspecified atom stereocenters. The molecule has 12 heavy (non-hydrogen) atoms. The number of halogens is 4. The van der Waals surface area contributed by atoms with Crippen molar-refractivity contribution in [3.05, 3.63) is 32.9 Å². The largest absolute Gasteiger partial charge is 0.275 e. The molecule has 0 amide bonds. The topological polar surface area (TPSA) is 17.1 Å². The lowest BCUT2D eigenvalue weighted by Crippen LogP contribution is -1.99. The van der Waals surface area contributed by atoms with Gasteiger partial charge in [-0.1, -0.05) is 0 Å².